The van der Waals surface area contributed by atoms with Crippen molar-refractivity contribution in [1.29, 1.82) is 0 Å². The number of rotatable bonds is 4. The van der Waals surface area contributed by atoms with E-state index >= 15 is 0 Å². The molecule has 0 spiro atoms. The number of nitrogens with one attached hydrogen (secondary N) is 1. The lowest BCUT2D eigenvalue weighted by Crippen LogP contribution is -2.40. The summed E-state index contributed by atoms with van der Waals surface area (Å²) in [7, 11) is 1.85. The molecule has 0 unspecified atom stereocenters. The van der Waals surface area contributed by atoms with Gasteiger partial charge in [-0.2, -0.15) is 5.10 Å². The highest BCUT2D eigenvalue weighted by atomic mass is 16.2. The highest BCUT2D eigenvalue weighted by Crippen LogP contribution is 2.19. The summed E-state index contributed by atoms with van der Waals surface area (Å²) in [4.78, 5) is 16.4. The van der Waals surface area contributed by atoms with E-state index in [9.17, 15) is 4.79 Å². The van der Waals surface area contributed by atoms with E-state index in [4.69, 9.17) is 5.73 Å². The van der Waals surface area contributed by atoms with E-state index in [1.165, 1.54) is 0 Å². The maximum absolute atomic E-state index is 12.1. The highest BCUT2D eigenvalue weighted by molar-refractivity contribution is 5.96. The van der Waals surface area contributed by atoms with Gasteiger partial charge in [0.25, 0.3) is 0 Å². The standard InChI is InChI=1S/C14H21N5O/c1-5-8(2)12(15)14(20)17-10-6-11-9(3)18-19(4)13(11)16-7-10/h6-8,12H,5,15H2,1-4H3,(H,17,20)/t8-,12-/m0/s1. The molecule has 0 aliphatic heterocycles. The molecule has 2 rings (SSSR count). The summed E-state index contributed by atoms with van der Waals surface area (Å²) in [6.07, 6.45) is 2.50. The highest BCUT2D eigenvalue weighted by Gasteiger charge is 2.19. The van der Waals surface area contributed by atoms with E-state index in [1.807, 2.05) is 33.9 Å². The van der Waals surface area contributed by atoms with Gasteiger partial charge in [0, 0.05) is 12.4 Å². The number of carbonyl (C=O) groups excluding carboxylic acids is 1. The van der Waals surface area contributed by atoms with Crippen LogP contribution in [0.2, 0.25) is 0 Å². The van der Waals surface area contributed by atoms with Crippen molar-refractivity contribution in [2.75, 3.05) is 5.32 Å². The zero-order chi connectivity index (χ0) is 14.9. The van der Waals surface area contributed by atoms with Crippen LogP contribution in [-0.2, 0) is 11.8 Å². The zero-order valence-corrected chi connectivity index (χ0v) is 12.3. The van der Waals surface area contributed by atoms with Crippen molar-refractivity contribution in [2.45, 2.75) is 33.2 Å². The molecule has 20 heavy (non-hydrogen) atoms. The van der Waals surface area contributed by atoms with E-state index in [0.29, 0.717) is 5.69 Å². The minimum atomic E-state index is -0.509. The van der Waals surface area contributed by atoms with Gasteiger partial charge in [-0.05, 0) is 18.9 Å². The summed E-state index contributed by atoms with van der Waals surface area (Å²) < 4.78 is 1.72. The Kier molecular flexibility index (Phi) is 4.04. The van der Waals surface area contributed by atoms with Crippen molar-refractivity contribution in [3.05, 3.63) is 18.0 Å². The van der Waals surface area contributed by atoms with Crippen LogP contribution in [-0.4, -0.2) is 26.7 Å². The Balaban J connectivity index is 2.22. The average molecular weight is 275 g/mol. The largest absolute Gasteiger partial charge is 0.323 e. The maximum Gasteiger partial charge on any atom is 0.241 e. The molecule has 1 amide bonds. The van der Waals surface area contributed by atoms with Crippen LogP contribution < -0.4 is 11.1 Å². The van der Waals surface area contributed by atoms with Gasteiger partial charge < -0.3 is 11.1 Å². The van der Waals surface area contributed by atoms with E-state index < -0.39 is 6.04 Å². The van der Waals surface area contributed by atoms with Crippen LogP contribution in [0, 0.1) is 12.8 Å². The van der Waals surface area contributed by atoms with E-state index in [2.05, 4.69) is 15.4 Å². The van der Waals surface area contributed by atoms with Crippen LogP contribution in [0.5, 0.6) is 0 Å². The summed E-state index contributed by atoms with van der Waals surface area (Å²) in [5.41, 5.74) is 8.25. The molecule has 2 atom stereocenters. The first-order valence-corrected chi connectivity index (χ1v) is 6.79. The zero-order valence-electron chi connectivity index (χ0n) is 12.3. The summed E-state index contributed by atoms with van der Waals surface area (Å²) in [5, 5.41) is 8.06. The quantitative estimate of drug-likeness (QED) is 0.887. The lowest BCUT2D eigenvalue weighted by atomic mass is 9.99. The molecule has 2 heterocycles. The molecule has 108 valence electrons. The fraction of sp³-hybridized carbons (Fsp3) is 0.500. The van der Waals surface area contributed by atoms with Gasteiger partial charge >= 0.3 is 0 Å². The van der Waals surface area contributed by atoms with Crippen molar-refractivity contribution < 1.29 is 4.79 Å². The molecule has 0 fully saturated rings. The second-order valence-corrected chi connectivity index (χ2v) is 5.20. The second kappa shape index (κ2) is 5.58. The van der Waals surface area contributed by atoms with Crippen LogP contribution in [0.3, 0.4) is 0 Å². The number of nitrogens with zero attached hydrogens (tertiary/aromatic N) is 3. The number of pyridine rings is 1. The van der Waals surface area contributed by atoms with E-state index in [-0.39, 0.29) is 11.8 Å². The van der Waals surface area contributed by atoms with Crippen molar-refractivity contribution in [3.63, 3.8) is 0 Å². The molecule has 0 radical (unpaired) electrons. The maximum atomic E-state index is 12.1. The van der Waals surface area contributed by atoms with Gasteiger partial charge in [0.15, 0.2) is 5.65 Å². The Bertz CT molecular complexity index is 634. The third-order valence-corrected chi connectivity index (χ3v) is 3.69. The van der Waals surface area contributed by atoms with Gasteiger partial charge in [-0.3, -0.25) is 9.48 Å². The van der Waals surface area contributed by atoms with Crippen molar-refractivity contribution in [1.82, 2.24) is 14.8 Å². The molecule has 0 saturated heterocycles. The first-order chi connectivity index (χ1) is 9.43. The Labute approximate surface area is 118 Å². The fourth-order valence-electron chi connectivity index (χ4n) is 2.11. The van der Waals surface area contributed by atoms with Gasteiger partial charge in [0.1, 0.15) is 0 Å². The van der Waals surface area contributed by atoms with Gasteiger partial charge in [0.2, 0.25) is 5.91 Å². The molecular formula is C14H21N5O. The van der Waals surface area contributed by atoms with Gasteiger partial charge in [0.05, 0.1) is 23.6 Å². The van der Waals surface area contributed by atoms with Crippen LogP contribution >= 0.6 is 0 Å². The number of carbonyl (C=O) groups is 1. The number of amides is 1. The number of nitrogens with two attached hydrogens (primary N) is 1. The smallest absolute Gasteiger partial charge is 0.241 e. The molecule has 0 aromatic carbocycles. The molecule has 3 N–H and O–H groups in total. The molecule has 2 aromatic rings. The minimum Gasteiger partial charge on any atom is -0.323 e. The molecule has 2 aromatic heterocycles. The number of aromatic nitrogens is 3. The minimum absolute atomic E-state index is 0.145. The van der Waals surface area contributed by atoms with Crippen molar-refractivity contribution in [2.24, 2.45) is 18.7 Å². The van der Waals surface area contributed by atoms with Gasteiger partial charge in [-0.25, -0.2) is 4.98 Å². The number of anilines is 1. The number of fused-ring (bicyclic) bond motifs is 1. The fourth-order valence-corrected chi connectivity index (χ4v) is 2.11. The Morgan fingerprint density at radius 3 is 2.90 bits per heavy atom. The lowest BCUT2D eigenvalue weighted by Gasteiger charge is -2.17. The molecule has 6 heteroatoms. The van der Waals surface area contributed by atoms with Crippen LogP contribution in [0.4, 0.5) is 5.69 Å². The molecular weight excluding hydrogens is 254 g/mol. The van der Waals surface area contributed by atoms with Gasteiger partial charge in [-0.15, -0.1) is 0 Å². The average Bonchev–Trinajstić information content (AvgIpc) is 2.72. The first kappa shape index (κ1) is 14.5. The molecule has 6 nitrogen and oxygen atoms in total. The first-order valence-electron chi connectivity index (χ1n) is 6.79. The van der Waals surface area contributed by atoms with Crippen LogP contribution in [0.15, 0.2) is 12.3 Å². The summed E-state index contributed by atoms with van der Waals surface area (Å²) in [6, 6.07) is 1.37. The number of hydrogen-bond acceptors (Lipinski definition) is 4. The predicted molar refractivity (Wildman–Crippen MR) is 79.3 cm³/mol. The number of aryl methyl sites for hydroxylation is 2. The Morgan fingerprint density at radius 2 is 2.25 bits per heavy atom. The number of hydrogen-bond donors (Lipinski definition) is 2. The summed E-state index contributed by atoms with van der Waals surface area (Å²) in [6.45, 7) is 5.90. The third-order valence-electron chi connectivity index (χ3n) is 3.69. The summed E-state index contributed by atoms with van der Waals surface area (Å²) in [5.74, 6) is -0.0335. The SMILES string of the molecule is CC[C@H](C)[C@H](N)C(=O)Nc1cnc2c(c1)c(C)nn2C. The topological polar surface area (TPSA) is 85.8 Å². The van der Waals surface area contributed by atoms with E-state index in [1.54, 1.807) is 10.9 Å². The molecule has 0 aliphatic carbocycles. The van der Waals surface area contributed by atoms with Crippen molar-refractivity contribution >= 4 is 22.6 Å². The van der Waals surface area contributed by atoms with E-state index in [0.717, 1.165) is 23.1 Å². The Morgan fingerprint density at radius 1 is 1.55 bits per heavy atom. The van der Waals surface area contributed by atoms with Crippen LogP contribution in [0.1, 0.15) is 26.0 Å². The molecule has 0 saturated carbocycles. The second-order valence-electron chi connectivity index (χ2n) is 5.20. The van der Waals surface area contributed by atoms with Crippen LogP contribution in [0.25, 0.3) is 11.0 Å². The lowest BCUT2D eigenvalue weighted by molar-refractivity contribution is -0.118. The Hall–Kier alpha value is -1.95. The molecule has 0 aliphatic rings. The summed E-state index contributed by atoms with van der Waals surface area (Å²) >= 11 is 0. The third kappa shape index (κ3) is 2.65. The molecule has 0 bridgehead atoms. The normalized spacial score (nSPS) is 14.2. The van der Waals surface area contributed by atoms with Gasteiger partial charge in [-0.1, -0.05) is 20.3 Å². The van der Waals surface area contributed by atoms with Crippen molar-refractivity contribution in [3.8, 4) is 0 Å². The monoisotopic (exact) mass is 275 g/mol. The predicted octanol–water partition coefficient (Wildman–Crippen LogP) is 1.59.